The Morgan fingerprint density at radius 1 is 1.27 bits per heavy atom. The molecule has 1 aromatic carbocycles. The predicted octanol–water partition coefficient (Wildman–Crippen LogP) is 3.03. The first-order chi connectivity index (χ1) is 10.7. The highest BCUT2D eigenvalue weighted by molar-refractivity contribution is 6.30. The number of aliphatic hydroxyl groups is 1. The topological polar surface area (TPSA) is 61.4 Å². The molecule has 118 valence electrons. The standard InChI is InChI=1S/C17H21ClN2O2/c18-14-6-4-13(5-7-14)16(12-2-3-12)20-17(22)19-15-8-1-11(9-15)10-21/h1,4-8,11-12,15-16,21H,2-3,9-10H2,(H2,19,20,22)/t11-,15+,16?/m0/s1. The number of hydrogen-bond acceptors (Lipinski definition) is 2. The molecule has 0 aliphatic heterocycles. The van der Waals surface area contributed by atoms with Crippen LogP contribution in [-0.2, 0) is 0 Å². The summed E-state index contributed by atoms with van der Waals surface area (Å²) in [7, 11) is 0. The molecule has 1 saturated carbocycles. The van der Waals surface area contributed by atoms with E-state index in [-0.39, 0.29) is 30.6 Å². The van der Waals surface area contributed by atoms with Gasteiger partial charge in [0.1, 0.15) is 0 Å². The largest absolute Gasteiger partial charge is 0.396 e. The van der Waals surface area contributed by atoms with Gasteiger partial charge in [-0.2, -0.15) is 0 Å². The summed E-state index contributed by atoms with van der Waals surface area (Å²) in [5, 5.41) is 15.9. The van der Waals surface area contributed by atoms with Crippen molar-refractivity contribution < 1.29 is 9.90 Å². The Balaban J connectivity index is 1.58. The first kappa shape index (κ1) is 15.4. The van der Waals surface area contributed by atoms with Crippen molar-refractivity contribution in [1.29, 1.82) is 0 Å². The lowest BCUT2D eigenvalue weighted by atomic mass is 10.0. The third-order valence-corrected chi connectivity index (χ3v) is 4.58. The van der Waals surface area contributed by atoms with Gasteiger partial charge in [-0.05, 0) is 42.9 Å². The normalized spacial score (nSPS) is 25.0. The monoisotopic (exact) mass is 320 g/mol. The summed E-state index contributed by atoms with van der Waals surface area (Å²) in [5.74, 6) is 0.664. The second kappa shape index (κ2) is 6.71. The number of amides is 2. The molecule has 3 N–H and O–H groups in total. The van der Waals surface area contributed by atoms with Gasteiger partial charge < -0.3 is 15.7 Å². The van der Waals surface area contributed by atoms with Crippen molar-refractivity contribution in [1.82, 2.24) is 10.6 Å². The smallest absolute Gasteiger partial charge is 0.315 e. The maximum Gasteiger partial charge on any atom is 0.315 e. The number of carbonyl (C=O) groups excluding carboxylic acids is 1. The van der Waals surface area contributed by atoms with E-state index in [1.165, 1.54) is 0 Å². The summed E-state index contributed by atoms with van der Waals surface area (Å²) in [6.07, 6.45) is 6.96. The van der Waals surface area contributed by atoms with E-state index < -0.39 is 0 Å². The van der Waals surface area contributed by atoms with Crippen LogP contribution in [-0.4, -0.2) is 23.8 Å². The molecule has 1 aromatic rings. The van der Waals surface area contributed by atoms with Crippen LogP contribution >= 0.6 is 11.6 Å². The highest BCUT2D eigenvalue weighted by atomic mass is 35.5. The van der Waals surface area contributed by atoms with Gasteiger partial charge in [0, 0.05) is 23.6 Å². The van der Waals surface area contributed by atoms with E-state index in [9.17, 15) is 4.79 Å². The third-order valence-electron chi connectivity index (χ3n) is 4.33. The molecule has 1 fully saturated rings. The van der Waals surface area contributed by atoms with Gasteiger partial charge in [0.25, 0.3) is 0 Å². The van der Waals surface area contributed by atoms with Crippen LogP contribution in [0.1, 0.15) is 30.9 Å². The average molecular weight is 321 g/mol. The van der Waals surface area contributed by atoms with Gasteiger partial charge >= 0.3 is 6.03 Å². The molecule has 2 amide bonds. The zero-order valence-electron chi connectivity index (χ0n) is 12.3. The summed E-state index contributed by atoms with van der Waals surface area (Å²) in [4.78, 5) is 12.2. The van der Waals surface area contributed by atoms with E-state index in [1.54, 1.807) is 0 Å². The van der Waals surface area contributed by atoms with Gasteiger partial charge in [-0.3, -0.25) is 0 Å². The van der Waals surface area contributed by atoms with Crippen molar-refractivity contribution >= 4 is 17.6 Å². The lowest BCUT2D eigenvalue weighted by Gasteiger charge is -2.21. The lowest BCUT2D eigenvalue weighted by molar-refractivity contribution is 0.227. The third kappa shape index (κ3) is 3.81. The van der Waals surface area contributed by atoms with Crippen LogP contribution in [0.3, 0.4) is 0 Å². The second-order valence-corrected chi connectivity index (χ2v) is 6.59. The minimum absolute atomic E-state index is 0.00206. The van der Waals surface area contributed by atoms with Gasteiger partial charge in [0.2, 0.25) is 0 Å². The first-order valence-corrected chi connectivity index (χ1v) is 8.15. The van der Waals surface area contributed by atoms with Gasteiger partial charge in [-0.25, -0.2) is 4.79 Å². The van der Waals surface area contributed by atoms with Gasteiger partial charge in [-0.15, -0.1) is 0 Å². The molecule has 0 bridgehead atoms. The second-order valence-electron chi connectivity index (χ2n) is 6.15. The van der Waals surface area contributed by atoms with Crippen molar-refractivity contribution in [3.63, 3.8) is 0 Å². The number of hydrogen-bond donors (Lipinski definition) is 3. The molecule has 0 saturated heterocycles. The van der Waals surface area contributed by atoms with E-state index in [0.717, 1.165) is 24.8 Å². The van der Waals surface area contributed by atoms with Crippen LogP contribution in [0.5, 0.6) is 0 Å². The zero-order chi connectivity index (χ0) is 15.5. The Labute approximate surface area is 135 Å². The van der Waals surface area contributed by atoms with Crippen LogP contribution < -0.4 is 10.6 Å². The zero-order valence-corrected chi connectivity index (χ0v) is 13.1. The van der Waals surface area contributed by atoms with Crippen molar-refractivity contribution in [3.05, 3.63) is 47.0 Å². The van der Waals surface area contributed by atoms with Gasteiger partial charge in [0.05, 0.1) is 6.04 Å². The highest BCUT2D eigenvalue weighted by Crippen LogP contribution is 2.41. The van der Waals surface area contributed by atoms with Crippen LogP contribution in [0.15, 0.2) is 36.4 Å². The lowest BCUT2D eigenvalue weighted by Crippen LogP contribution is -2.43. The Kier molecular flexibility index (Phi) is 4.69. The van der Waals surface area contributed by atoms with Gasteiger partial charge in [0.15, 0.2) is 0 Å². The Morgan fingerprint density at radius 3 is 2.59 bits per heavy atom. The minimum Gasteiger partial charge on any atom is -0.396 e. The Morgan fingerprint density at radius 2 is 2.00 bits per heavy atom. The average Bonchev–Trinajstić information content (AvgIpc) is 3.26. The van der Waals surface area contributed by atoms with Crippen molar-refractivity contribution in [2.45, 2.75) is 31.3 Å². The molecule has 2 aliphatic rings. The molecule has 1 unspecified atom stereocenters. The summed E-state index contributed by atoms with van der Waals surface area (Å²) >= 11 is 5.93. The Hall–Kier alpha value is -1.52. The molecular weight excluding hydrogens is 300 g/mol. The minimum atomic E-state index is -0.153. The highest BCUT2D eigenvalue weighted by Gasteiger charge is 2.33. The molecule has 0 heterocycles. The number of nitrogens with one attached hydrogen (secondary N) is 2. The fraction of sp³-hybridized carbons (Fsp3) is 0.471. The van der Waals surface area contributed by atoms with Crippen molar-refractivity contribution in [2.75, 3.05) is 6.61 Å². The summed E-state index contributed by atoms with van der Waals surface area (Å²) < 4.78 is 0. The van der Waals surface area contributed by atoms with E-state index in [0.29, 0.717) is 10.9 Å². The molecule has 5 heteroatoms. The number of urea groups is 1. The quantitative estimate of drug-likeness (QED) is 0.730. The van der Waals surface area contributed by atoms with Crippen molar-refractivity contribution in [3.8, 4) is 0 Å². The molecule has 0 radical (unpaired) electrons. The maximum atomic E-state index is 12.2. The predicted molar refractivity (Wildman–Crippen MR) is 86.7 cm³/mol. The fourth-order valence-corrected chi connectivity index (χ4v) is 3.07. The molecule has 22 heavy (non-hydrogen) atoms. The molecule has 2 aliphatic carbocycles. The summed E-state index contributed by atoms with van der Waals surface area (Å²) in [6, 6.07) is 7.55. The van der Waals surface area contributed by atoms with Crippen molar-refractivity contribution in [2.24, 2.45) is 11.8 Å². The summed E-state index contributed by atoms with van der Waals surface area (Å²) in [6.45, 7) is 0.131. The number of rotatable bonds is 5. The number of aliphatic hydroxyl groups excluding tert-OH is 1. The van der Waals surface area contributed by atoms with Crippen LogP contribution in [0.25, 0.3) is 0 Å². The molecule has 4 nitrogen and oxygen atoms in total. The van der Waals surface area contributed by atoms with E-state index in [4.69, 9.17) is 16.7 Å². The number of carbonyl (C=O) groups is 1. The van der Waals surface area contributed by atoms with Crippen LogP contribution in [0, 0.1) is 11.8 Å². The molecule has 0 aromatic heterocycles. The van der Waals surface area contributed by atoms with Gasteiger partial charge in [-0.1, -0.05) is 35.9 Å². The van der Waals surface area contributed by atoms with E-state index in [1.807, 2.05) is 36.4 Å². The number of benzene rings is 1. The molecule has 3 rings (SSSR count). The number of halogens is 1. The van der Waals surface area contributed by atoms with Crippen LogP contribution in [0.4, 0.5) is 4.79 Å². The van der Waals surface area contributed by atoms with Crippen LogP contribution in [0.2, 0.25) is 5.02 Å². The summed E-state index contributed by atoms with van der Waals surface area (Å²) in [5.41, 5.74) is 1.09. The van der Waals surface area contributed by atoms with E-state index in [2.05, 4.69) is 10.6 Å². The molecular formula is C17H21ClN2O2. The fourth-order valence-electron chi connectivity index (χ4n) is 2.94. The maximum absolute atomic E-state index is 12.2. The molecule has 3 atom stereocenters. The Bertz CT molecular complexity index is 554. The first-order valence-electron chi connectivity index (χ1n) is 7.77. The SMILES string of the molecule is O=C(NC(c1ccc(Cl)cc1)C1CC1)N[C@@H]1C=C[C@H](CO)C1. The molecule has 0 spiro atoms. The van der Waals surface area contributed by atoms with E-state index >= 15 is 0 Å².